The molecule has 1 heterocycles. The lowest BCUT2D eigenvalue weighted by Crippen LogP contribution is -2.00. The van der Waals surface area contributed by atoms with Gasteiger partial charge in [0.1, 0.15) is 11.6 Å². The van der Waals surface area contributed by atoms with Crippen LogP contribution in [0.5, 0.6) is 5.75 Å². The summed E-state index contributed by atoms with van der Waals surface area (Å²) in [6, 6.07) is 6.87. The number of ether oxygens (including phenoxy) is 1. The van der Waals surface area contributed by atoms with Crippen molar-refractivity contribution in [2.24, 2.45) is 0 Å². The number of halogens is 3. The van der Waals surface area contributed by atoms with Crippen LogP contribution >= 0.6 is 43.2 Å². The predicted molar refractivity (Wildman–Crippen MR) is 80.5 cm³/mol. The van der Waals surface area contributed by atoms with Gasteiger partial charge in [-0.15, -0.1) is 11.3 Å². The molecular formula is C13H11Br2FOS. The van der Waals surface area contributed by atoms with E-state index in [1.54, 1.807) is 30.6 Å². The molecule has 0 fully saturated rings. The zero-order chi connectivity index (χ0) is 13.3. The molecule has 0 aliphatic rings. The third-order valence-electron chi connectivity index (χ3n) is 2.69. The average molecular weight is 394 g/mol. The highest BCUT2D eigenvalue weighted by molar-refractivity contribution is 9.11. The fraction of sp³-hybridized carbons (Fsp3) is 0.231. The molecule has 5 heteroatoms. The van der Waals surface area contributed by atoms with Crippen LogP contribution in [0.3, 0.4) is 0 Å². The van der Waals surface area contributed by atoms with E-state index in [2.05, 4.69) is 31.9 Å². The summed E-state index contributed by atoms with van der Waals surface area (Å²) in [6.07, 6.45) is 0. The van der Waals surface area contributed by atoms with Gasteiger partial charge in [-0.2, -0.15) is 0 Å². The van der Waals surface area contributed by atoms with E-state index >= 15 is 0 Å². The lowest BCUT2D eigenvalue weighted by Gasteiger charge is -2.15. The van der Waals surface area contributed by atoms with Gasteiger partial charge in [0.25, 0.3) is 0 Å². The zero-order valence-corrected chi connectivity index (χ0v) is 13.8. The van der Waals surface area contributed by atoms with E-state index in [0.717, 1.165) is 14.2 Å². The normalized spacial score (nSPS) is 12.5. The van der Waals surface area contributed by atoms with Gasteiger partial charge >= 0.3 is 0 Å². The molecule has 0 amide bonds. The zero-order valence-electron chi connectivity index (χ0n) is 9.84. The Bertz CT molecular complexity index is 568. The third kappa shape index (κ3) is 2.63. The first-order chi connectivity index (χ1) is 8.54. The monoisotopic (exact) mass is 392 g/mol. The molecule has 0 saturated carbocycles. The summed E-state index contributed by atoms with van der Waals surface area (Å²) in [5, 5.41) is 0. The minimum absolute atomic E-state index is 0.212. The van der Waals surface area contributed by atoms with E-state index in [0.29, 0.717) is 11.3 Å². The standard InChI is InChI=1S/C13H11Br2FOS/c1-7-8(6-11(14)18-7)13(15)12-9(16)4-3-5-10(12)17-2/h3-6,13H,1-2H3. The number of hydrogen-bond acceptors (Lipinski definition) is 2. The molecule has 0 bridgehead atoms. The van der Waals surface area contributed by atoms with Crippen molar-refractivity contribution in [1.82, 2.24) is 0 Å². The first-order valence-corrected chi connectivity index (χ1v) is 7.79. The molecule has 2 rings (SSSR count). The minimum Gasteiger partial charge on any atom is -0.496 e. The van der Waals surface area contributed by atoms with Crippen molar-refractivity contribution in [3.63, 3.8) is 0 Å². The average Bonchev–Trinajstić information content (AvgIpc) is 2.67. The molecule has 1 atom stereocenters. The fourth-order valence-corrected chi connectivity index (χ4v) is 4.63. The molecule has 96 valence electrons. The molecule has 0 radical (unpaired) electrons. The molecule has 0 aliphatic heterocycles. The Morgan fingerprint density at radius 1 is 1.39 bits per heavy atom. The Morgan fingerprint density at radius 2 is 2.11 bits per heavy atom. The molecule has 18 heavy (non-hydrogen) atoms. The minimum atomic E-state index is -0.266. The van der Waals surface area contributed by atoms with Crippen LogP contribution in [-0.4, -0.2) is 7.11 Å². The Hall–Kier alpha value is -0.390. The van der Waals surface area contributed by atoms with Gasteiger partial charge in [0.05, 0.1) is 15.7 Å². The quantitative estimate of drug-likeness (QED) is 0.630. The van der Waals surface area contributed by atoms with Gasteiger partial charge in [-0.3, -0.25) is 0 Å². The van der Waals surface area contributed by atoms with Gasteiger partial charge in [-0.25, -0.2) is 4.39 Å². The van der Waals surface area contributed by atoms with Gasteiger partial charge in [0.2, 0.25) is 0 Å². The molecule has 1 aromatic carbocycles. The molecule has 0 aliphatic carbocycles. The van der Waals surface area contributed by atoms with Crippen molar-refractivity contribution < 1.29 is 9.13 Å². The Labute approximate surface area is 126 Å². The maximum atomic E-state index is 14.0. The van der Waals surface area contributed by atoms with Crippen LogP contribution in [0, 0.1) is 12.7 Å². The highest BCUT2D eigenvalue weighted by Crippen LogP contribution is 2.42. The summed E-state index contributed by atoms with van der Waals surface area (Å²) in [6.45, 7) is 2.02. The summed E-state index contributed by atoms with van der Waals surface area (Å²) < 4.78 is 20.3. The smallest absolute Gasteiger partial charge is 0.131 e. The van der Waals surface area contributed by atoms with Crippen LogP contribution in [0.1, 0.15) is 20.8 Å². The highest BCUT2D eigenvalue weighted by Gasteiger charge is 2.22. The molecule has 0 saturated heterocycles. The molecular weight excluding hydrogens is 383 g/mol. The van der Waals surface area contributed by atoms with Gasteiger partial charge in [0.15, 0.2) is 0 Å². The number of hydrogen-bond donors (Lipinski definition) is 0. The van der Waals surface area contributed by atoms with Crippen LogP contribution < -0.4 is 4.74 Å². The summed E-state index contributed by atoms with van der Waals surface area (Å²) in [7, 11) is 1.55. The van der Waals surface area contributed by atoms with Crippen LogP contribution in [0.25, 0.3) is 0 Å². The van der Waals surface area contributed by atoms with Crippen LogP contribution in [-0.2, 0) is 0 Å². The van der Waals surface area contributed by atoms with E-state index < -0.39 is 0 Å². The first-order valence-electron chi connectivity index (χ1n) is 5.27. The van der Waals surface area contributed by atoms with Gasteiger partial charge in [-0.05, 0) is 46.6 Å². The number of aryl methyl sites for hydroxylation is 1. The molecule has 0 spiro atoms. The Kier molecular flexibility index (Phi) is 4.45. The van der Waals surface area contributed by atoms with Crippen molar-refractivity contribution in [2.45, 2.75) is 11.8 Å². The van der Waals surface area contributed by atoms with E-state index in [1.165, 1.54) is 6.07 Å². The van der Waals surface area contributed by atoms with E-state index in [9.17, 15) is 4.39 Å². The molecule has 1 aromatic heterocycles. The van der Waals surface area contributed by atoms with E-state index in [1.807, 2.05) is 13.0 Å². The number of thiophene rings is 1. The summed E-state index contributed by atoms with van der Waals surface area (Å²) >= 11 is 8.65. The maximum absolute atomic E-state index is 14.0. The lowest BCUT2D eigenvalue weighted by molar-refractivity contribution is 0.405. The van der Waals surface area contributed by atoms with Gasteiger partial charge < -0.3 is 4.74 Å². The Morgan fingerprint density at radius 3 is 2.67 bits per heavy atom. The molecule has 1 unspecified atom stereocenters. The van der Waals surface area contributed by atoms with Crippen LogP contribution in [0.4, 0.5) is 4.39 Å². The Balaban J connectivity index is 2.52. The largest absolute Gasteiger partial charge is 0.496 e. The summed E-state index contributed by atoms with van der Waals surface area (Å²) in [4.78, 5) is 0.935. The highest BCUT2D eigenvalue weighted by atomic mass is 79.9. The third-order valence-corrected chi connectivity index (χ3v) is 5.21. The number of alkyl halides is 1. The SMILES string of the molecule is COc1cccc(F)c1C(Br)c1cc(Br)sc1C. The topological polar surface area (TPSA) is 9.23 Å². The predicted octanol–water partition coefficient (Wildman–Crippen LogP) is 5.45. The molecule has 0 N–H and O–H groups in total. The fourth-order valence-electron chi connectivity index (χ4n) is 1.81. The number of rotatable bonds is 3. The maximum Gasteiger partial charge on any atom is 0.131 e. The van der Waals surface area contributed by atoms with Crippen molar-refractivity contribution in [3.8, 4) is 5.75 Å². The van der Waals surface area contributed by atoms with E-state index in [4.69, 9.17) is 4.74 Å². The summed E-state index contributed by atoms with van der Waals surface area (Å²) in [5.41, 5.74) is 1.59. The second-order valence-electron chi connectivity index (χ2n) is 3.78. The molecule has 2 aromatic rings. The second kappa shape index (κ2) is 5.72. The lowest BCUT2D eigenvalue weighted by atomic mass is 10.0. The molecule has 1 nitrogen and oxygen atoms in total. The second-order valence-corrected chi connectivity index (χ2v) is 7.33. The van der Waals surface area contributed by atoms with Crippen molar-refractivity contribution in [3.05, 3.63) is 49.9 Å². The van der Waals surface area contributed by atoms with Gasteiger partial charge in [-0.1, -0.05) is 22.0 Å². The first kappa shape index (κ1) is 14.0. The summed E-state index contributed by atoms with van der Waals surface area (Å²) in [5.74, 6) is 0.288. The van der Waals surface area contributed by atoms with Crippen molar-refractivity contribution in [1.29, 1.82) is 0 Å². The van der Waals surface area contributed by atoms with Crippen LogP contribution in [0.15, 0.2) is 28.1 Å². The van der Waals surface area contributed by atoms with E-state index in [-0.39, 0.29) is 10.6 Å². The number of methoxy groups -OCH3 is 1. The van der Waals surface area contributed by atoms with Crippen molar-refractivity contribution in [2.75, 3.05) is 7.11 Å². The van der Waals surface area contributed by atoms with Gasteiger partial charge in [0, 0.05) is 10.4 Å². The van der Waals surface area contributed by atoms with Crippen molar-refractivity contribution >= 4 is 43.2 Å². The number of benzene rings is 1. The van der Waals surface area contributed by atoms with Crippen LogP contribution in [0.2, 0.25) is 0 Å².